The molecule has 0 atom stereocenters. The van der Waals surface area contributed by atoms with Crippen LogP contribution in [0.3, 0.4) is 0 Å². The van der Waals surface area contributed by atoms with Crippen LogP contribution in [0.1, 0.15) is 55.8 Å². The van der Waals surface area contributed by atoms with Crippen molar-refractivity contribution in [2.75, 3.05) is 5.34 Å². The average molecular weight is 640 g/mol. The van der Waals surface area contributed by atoms with Crippen LogP contribution in [-0.2, 0) is 22.4 Å². The number of phenolic OH excluding ortho intramolecular Hbond substituents is 1. The zero-order valence-corrected chi connectivity index (χ0v) is 26.1. The fourth-order valence-corrected chi connectivity index (χ4v) is 3.44. The summed E-state index contributed by atoms with van der Waals surface area (Å²) in [5.74, 6) is -0.507. The summed E-state index contributed by atoms with van der Waals surface area (Å²) >= 11 is 9.53. The van der Waals surface area contributed by atoms with E-state index in [1.54, 1.807) is 36.4 Å². The van der Waals surface area contributed by atoms with Crippen molar-refractivity contribution < 1.29 is 34.1 Å². The number of rotatable bonds is 9. The van der Waals surface area contributed by atoms with Gasteiger partial charge in [0.05, 0.1) is 5.34 Å². The molecule has 4 aromatic rings. The second-order valence-corrected chi connectivity index (χ2v) is 10.2. The van der Waals surface area contributed by atoms with Crippen LogP contribution >= 0.6 is 23.2 Å². The fraction of sp³-hybridized carbons (Fsp3) is 0.200. The first-order chi connectivity index (χ1) is 21.1. The summed E-state index contributed by atoms with van der Waals surface area (Å²) in [6.07, 6.45) is 3.21. The molecular weight excluding hydrogens is 603 g/mol. The number of carbonyl (C=O) groups excluding carboxylic acids is 3. The summed E-state index contributed by atoms with van der Waals surface area (Å²) in [6.45, 7) is 4.04. The minimum absolute atomic E-state index is 0.125. The maximum atomic E-state index is 11.7. The van der Waals surface area contributed by atoms with Crippen LogP contribution < -0.4 is 4.74 Å². The summed E-state index contributed by atoms with van der Waals surface area (Å²) in [5.41, 5.74) is 5.58. The van der Waals surface area contributed by atoms with E-state index in [0.717, 1.165) is 17.4 Å². The molecule has 2 N–H and O–H groups in total. The second kappa shape index (κ2) is 22.1. The highest BCUT2D eigenvalue weighted by Gasteiger charge is 2.06. The van der Waals surface area contributed by atoms with E-state index < -0.39 is 5.97 Å². The number of aromatic hydroxyl groups is 1. The Hall–Kier alpha value is -4.46. The van der Waals surface area contributed by atoms with Crippen molar-refractivity contribution in [3.63, 3.8) is 0 Å². The van der Waals surface area contributed by atoms with Crippen LogP contribution in [0.2, 0.25) is 0 Å². The van der Waals surface area contributed by atoms with Crippen LogP contribution in [0.5, 0.6) is 11.5 Å². The monoisotopic (exact) mass is 638 g/mol. The van der Waals surface area contributed by atoms with Gasteiger partial charge in [-0.3, -0.25) is 19.2 Å². The van der Waals surface area contributed by atoms with E-state index in [2.05, 4.69) is 0 Å². The maximum absolute atomic E-state index is 11.7. The van der Waals surface area contributed by atoms with Gasteiger partial charge < -0.3 is 14.9 Å². The third kappa shape index (κ3) is 17.5. The fourth-order valence-electron chi connectivity index (χ4n) is 3.44. The lowest BCUT2D eigenvalue weighted by molar-refractivity contribution is -0.137. The molecule has 0 unspecified atom stereocenters. The van der Waals surface area contributed by atoms with E-state index in [4.69, 9.17) is 38.2 Å². The first kappa shape index (κ1) is 37.6. The molecule has 0 bridgehead atoms. The van der Waals surface area contributed by atoms with Gasteiger partial charge >= 0.3 is 11.9 Å². The molecule has 0 saturated carbocycles. The maximum Gasteiger partial charge on any atom is 0.311 e. The summed E-state index contributed by atoms with van der Waals surface area (Å²) in [7, 11) is 0. The van der Waals surface area contributed by atoms with Gasteiger partial charge in [0.15, 0.2) is 0 Å². The number of hydrogen-bond donors (Lipinski definition) is 2. The van der Waals surface area contributed by atoms with Gasteiger partial charge in [0, 0.05) is 24.0 Å². The predicted octanol–water partition coefficient (Wildman–Crippen LogP) is 7.98. The number of benzene rings is 4. The van der Waals surface area contributed by atoms with Gasteiger partial charge in [-0.2, -0.15) is 0 Å². The Balaban J connectivity index is 0.000000342. The molecule has 0 spiro atoms. The van der Waals surface area contributed by atoms with Gasteiger partial charge in [0.25, 0.3) is 0 Å². The lowest BCUT2D eigenvalue weighted by Crippen LogP contribution is -2.09. The van der Waals surface area contributed by atoms with Crippen molar-refractivity contribution in [3.8, 4) is 11.5 Å². The number of halogens is 2. The molecule has 9 heteroatoms. The average Bonchev–Trinajstić information content (AvgIpc) is 3.01. The van der Waals surface area contributed by atoms with Crippen molar-refractivity contribution >= 4 is 47.7 Å². The first-order valence-electron chi connectivity index (χ1n) is 13.5. The number of ether oxygens (including phenoxy) is 1. The van der Waals surface area contributed by atoms with Crippen molar-refractivity contribution in [1.82, 2.24) is 0 Å². The Labute approximate surface area is 268 Å². The molecule has 0 aliphatic carbocycles. The molecule has 7 nitrogen and oxygen atoms in total. The lowest BCUT2D eigenvalue weighted by Gasteiger charge is -2.05. The van der Waals surface area contributed by atoms with Crippen molar-refractivity contribution in [3.05, 3.63) is 130 Å². The van der Waals surface area contributed by atoms with Crippen LogP contribution in [-0.4, -0.2) is 40.1 Å². The largest absolute Gasteiger partial charge is 0.508 e. The summed E-state index contributed by atoms with van der Waals surface area (Å²) in [5, 5.41) is 17.4. The minimum atomic E-state index is -0.740. The van der Waals surface area contributed by atoms with Gasteiger partial charge in [-0.25, -0.2) is 0 Å². The van der Waals surface area contributed by atoms with Gasteiger partial charge in [-0.1, -0.05) is 83.9 Å². The molecule has 0 aromatic heterocycles. The molecular formula is C35H36Cl2O7. The SMILES string of the molecule is Cc1ccc(CCC(=O)O)cc1.Cc1ccc(CCC(=O)Oc2cccc(C=O)c2)cc1.ClCCl.O=Cc1cccc(O)c1. The highest BCUT2D eigenvalue weighted by atomic mass is 35.5. The number of esters is 1. The van der Waals surface area contributed by atoms with E-state index in [1.807, 2.05) is 62.4 Å². The van der Waals surface area contributed by atoms with Crippen molar-refractivity contribution in [2.45, 2.75) is 39.5 Å². The molecule has 0 amide bonds. The molecule has 232 valence electrons. The molecule has 4 aromatic carbocycles. The Morgan fingerprint density at radius 2 is 1.16 bits per heavy atom. The number of aliphatic carboxylic acids is 1. The van der Waals surface area contributed by atoms with Gasteiger partial charge in [0.1, 0.15) is 24.1 Å². The summed E-state index contributed by atoms with van der Waals surface area (Å²) in [4.78, 5) is 42.7. The zero-order valence-electron chi connectivity index (χ0n) is 24.6. The number of aldehydes is 2. The third-order valence-corrected chi connectivity index (χ3v) is 5.72. The molecule has 0 aliphatic rings. The normalized spacial score (nSPS) is 9.45. The van der Waals surface area contributed by atoms with Crippen LogP contribution in [0.25, 0.3) is 0 Å². The number of phenols is 1. The number of alkyl halides is 2. The van der Waals surface area contributed by atoms with Crippen LogP contribution in [0, 0.1) is 13.8 Å². The van der Waals surface area contributed by atoms with Crippen molar-refractivity contribution in [2.24, 2.45) is 0 Å². The molecule has 0 heterocycles. The van der Waals surface area contributed by atoms with E-state index in [9.17, 15) is 19.2 Å². The minimum Gasteiger partial charge on any atom is -0.508 e. The smallest absolute Gasteiger partial charge is 0.311 e. The quantitative estimate of drug-likeness (QED) is 0.0825. The number of carboxylic acid groups (broad SMARTS) is 1. The summed E-state index contributed by atoms with van der Waals surface area (Å²) < 4.78 is 5.20. The van der Waals surface area contributed by atoms with Gasteiger partial charge in [0.2, 0.25) is 0 Å². The highest BCUT2D eigenvalue weighted by Crippen LogP contribution is 2.14. The Morgan fingerprint density at radius 1 is 0.705 bits per heavy atom. The number of carbonyl (C=O) groups is 4. The topological polar surface area (TPSA) is 118 Å². The van der Waals surface area contributed by atoms with E-state index >= 15 is 0 Å². The van der Waals surface area contributed by atoms with E-state index in [-0.39, 0.29) is 23.5 Å². The highest BCUT2D eigenvalue weighted by molar-refractivity contribution is 6.40. The van der Waals surface area contributed by atoms with Crippen molar-refractivity contribution in [1.29, 1.82) is 0 Å². The van der Waals surface area contributed by atoms with E-state index in [1.165, 1.54) is 23.3 Å². The summed E-state index contributed by atoms with van der Waals surface area (Å²) in [6, 6.07) is 28.8. The number of hydrogen-bond acceptors (Lipinski definition) is 6. The van der Waals surface area contributed by atoms with Gasteiger partial charge in [-0.15, -0.1) is 23.2 Å². The lowest BCUT2D eigenvalue weighted by atomic mass is 10.1. The second-order valence-electron chi connectivity index (χ2n) is 9.34. The standard InChI is InChI=1S/C17H16O3.C10H12O2.C7H6O2.CH2Cl2/c1-13-5-7-14(8-6-13)9-10-17(19)20-16-4-2-3-15(11-16)12-18;1-8-2-4-9(5-3-8)6-7-10(11)12;8-5-6-2-1-3-7(9)4-6;2-1-3/h2-8,11-12H,9-10H2,1H3;2-5H,6-7H2,1H3,(H,11,12);1-5,9H;1H2. The Kier molecular flexibility index (Phi) is 18.9. The Morgan fingerprint density at radius 3 is 1.59 bits per heavy atom. The van der Waals surface area contributed by atoms with Crippen LogP contribution in [0.15, 0.2) is 97.1 Å². The Bertz CT molecular complexity index is 1440. The number of aryl methyl sites for hydroxylation is 4. The third-order valence-electron chi connectivity index (χ3n) is 5.72. The first-order valence-corrected chi connectivity index (χ1v) is 14.6. The molecule has 0 radical (unpaired) electrons. The molecule has 4 rings (SSSR count). The van der Waals surface area contributed by atoms with Gasteiger partial charge in [-0.05, 0) is 62.1 Å². The molecule has 0 aliphatic heterocycles. The van der Waals surface area contributed by atoms with Crippen LogP contribution in [0.4, 0.5) is 0 Å². The zero-order chi connectivity index (χ0) is 32.7. The predicted molar refractivity (Wildman–Crippen MR) is 174 cm³/mol. The molecule has 0 fully saturated rings. The molecule has 44 heavy (non-hydrogen) atoms. The number of carboxylic acids is 1. The molecule has 0 saturated heterocycles. The van der Waals surface area contributed by atoms with E-state index in [0.29, 0.717) is 42.4 Å².